The van der Waals surface area contributed by atoms with Crippen molar-refractivity contribution < 1.29 is 4.84 Å². The highest BCUT2D eigenvalue weighted by molar-refractivity contribution is 5.83. The average Bonchev–Trinajstić information content (AvgIpc) is 2.89. The van der Waals surface area contributed by atoms with E-state index in [-0.39, 0.29) is 0 Å². The van der Waals surface area contributed by atoms with E-state index in [1.807, 2.05) is 29.0 Å². The topological polar surface area (TPSA) is 27.1 Å². The van der Waals surface area contributed by atoms with Crippen molar-refractivity contribution in [2.45, 2.75) is 26.7 Å². The molecule has 1 aromatic heterocycles. The summed E-state index contributed by atoms with van der Waals surface area (Å²) in [5.74, 6) is 0.871. The molecule has 3 aromatic rings. The monoisotopic (exact) mass is 280 g/mol. The number of hydrogen-bond donors (Lipinski definition) is 0. The quantitative estimate of drug-likeness (QED) is 0.654. The summed E-state index contributed by atoms with van der Waals surface area (Å²) >= 11 is 0. The maximum absolute atomic E-state index is 5.99. The van der Waals surface area contributed by atoms with E-state index in [0.29, 0.717) is 6.61 Å². The van der Waals surface area contributed by atoms with E-state index in [4.69, 9.17) is 9.82 Å². The molecule has 21 heavy (non-hydrogen) atoms. The first-order valence-corrected chi connectivity index (χ1v) is 7.48. The maximum atomic E-state index is 5.99. The molecule has 2 aromatic carbocycles. The highest BCUT2D eigenvalue weighted by atomic mass is 16.7. The van der Waals surface area contributed by atoms with Gasteiger partial charge in [-0.1, -0.05) is 55.8 Å². The molecule has 0 spiro atoms. The first kappa shape index (κ1) is 13.7. The third-order valence-corrected chi connectivity index (χ3v) is 3.60. The van der Waals surface area contributed by atoms with E-state index in [1.165, 1.54) is 5.56 Å². The minimum atomic E-state index is 0.704. The number of aromatic nitrogens is 2. The zero-order valence-corrected chi connectivity index (χ0v) is 12.5. The van der Waals surface area contributed by atoms with Crippen LogP contribution in [0.2, 0.25) is 0 Å². The van der Waals surface area contributed by atoms with Crippen LogP contribution in [-0.2, 0) is 0 Å². The van der Waals surface area contributed by atoms with Gasteiger partial charge in [0.25, 0.3) is 0 Å². The minimum Gasteiger partial charge on any atom is -0.412 e. The molecular formula is C18H20N2O. The van der Waals surface area contributed by atoms with Crippen LogP contribution in [0.1, 0.15) is 25.3 Å². The molecule has 0 radical (unpaired) electrons. The van der Waals surface area contributed by atoms with Gasteiger partial charge in [0.05, 0.1) is 5.52 Å². The number of fused-ring (bicyclic) bond motifs is 1. The van der Waals surface area contributed by atoms with E-state index >= 15 is 0 Å². The van der Waals surface area contributed by atoms with Crippen LogP contribution >= 0.6 is 0 Å². The first-order chi connectivity index (χ1) is 10.3. The summed E-state index contributed by atoms with van der Waals surface area (Å²) in [6, 6.07) is 16.4. The van der Waals surface area contributed by atoms with Gasteiger partial charge in [0.1, 0.15) is 12.1 Å². The number of rotatable bonds is 5. The zero-order chi connectivity index (χ0) is 14.7. The van der Waals surface area contributed by atoms with Gasteiger partial charge in [-0.05, 0) is 25.0 Å². The van der Waals surface area contributed by atoms with Crippen molar-refractivity contribution in [1.82, 2.24) is 9.71 Å². The Morgan fingerprint density at radius 2 is 1.86 bits per heavy atom. The SMILES string of the molecule is CCCCOn1c(-c2ccccc2)nc2c(C)cccc21. The molecule has 0 unspecified atom stereocenters. The molecule has 0 aliphatic rings. The van der Waals surface area contributed by atoms with Crippen LogP contribution in [-0.4, -0.2) is 16.3 Å². The zero-order valence-electron chi connectivity index (χ0n) is 12.5. The lowest BCUT2D eigenvalue weighted by molar-refractivity contribution is 0.120. The van der Waals surface area contributed by atoms with Gasteiger partial charge in [0, 0.05) is 5.56 Å². The highest BCUT2D eigenvalue weighted by Crippen LogP contribution is 2.25. The first-order valence-electron chi connectivity index (χ1n) is 7.48. The molecule has 0 amide bonds. The average molecular weight is 280 g/mol. The van der Waals surface area contributed by atoms with Crippen molar-refractivity contribution in [3.8, 4) is 11.4 Å². The van der Waals surface area contributed by atoms with Crippen LogP contribution in [0, 0.1) is 6.92 Å². The molecule has 0 saturated carbocycles. The van der Waals surface area contributed by atoms with Crippen molar-refractivity contribution in [2.24, 2.45) is 0 Å². The number of nitrogens with zero attached hydrogens (tertiary/aromatic N) is 2. The summed E-state index contributed by atoms with van der Waals surface area (Å²) in [5.41, 5.74) is 4.28. The second kappa shape index (κ2) is 6.00. The van der Waals surface area contributed by atoms with E-state index in [9.17, 15) is 0 Å². The lowest BCUT2D eigenvalue weighted by Crippen LogP contribution is -2.13. The summed E-state index contributed by atoms with van der Waals surface area (Å²) in [5, 5.41) is 0. The van der Waals surface area contributed by atoms with Gasteiger partial charge in [-0.3, -0.25) is 0 Å². The fourth-order valence-corrected chi connectivity index (χ4v) is 2.42. The van der Waals surface area contributed by atoms with Crippen LogP contribution in [0.3, 0.4) is 0 Å². The predicted octanol–water partition coefficient (Wildman–Crippen LogP) is 4.24. The summed E-state index contributed by atoms with van der Waals surface area (Å²) in [6.45, 7) is 4.95. The number of hydrogen-bond acceptors (Lipinski definition) is 2. The van der Waals surface area contributed by atoms with E-state index in [1.54, 1.807) is 0 Å². The Balaban J connectivity index is 2.13. The molecular weight excluding hydrogens is 260 g/mol. The minimum absolute atomic E-state index is 0.704. The lowest BCUT2D eigenvalue weighted by atomic mass is 10.2. The van der Waals surface area contributed by atoms with Crippen molar-refractivity contribution in [3.05, 3.63) is 54.1 Å². The number of imidazole rings is 1. The summed E-state index contributed by atoms with van der Waals surface area (Å²) in [6.07, 6.45) is 2.16. The van der Waals surface area contributed by atoms with Crippen LogP contribution in [0.25, 0.3) is 22.4 Å². The smallest absolute Gasteiger partial charge is 0.176 e. The molecule has 0 atom stereocenters. The Morgan fingerprint density at radius 1 is 1.05 bits per heavy atom. The largest absolute Gasteiger partial charge is 0.412 e. The normalized spacial score (nSPS) is 11.0. The molecule has 3 rings (SSSR count). The summed E-state index contributed by atoms with van der Waals surface area (Å²) in [4.78, 5) is 10.8. The highest BCUT2D eigenvalue weighted by Gasteiger charge is 2.14. The predicted molar refractivity (Wildman–Crippen MR) is 86.3 cm³/mol. The van der Waals surface area contributed by atoms with Gasteiger partial charge < -0.3 is 4.84 Å². The summed E-state index contributed by atoms with van der Waals surface area (Å²) < 4.78 is 1.88. The van der Waals surface area contributed by atoms with Crippen molar-refractivity contribution >= 4 is 11.0 Å². The van der Waals surface area contributed by atoms with E-state index in [0.717, 1.165) is 35.3 Å². The molecule has 0 bridgehead atoms. The number of para-hydroxylation sites is 1. The number of unbranched alkanes of at least 4 members (excludes halogenated alkanes) is 1. The second-order valence-electron chi connectivity index (χ2n) is 5.23. The third-order valence-electron chi connectivity index (χ3n) is 3.60. The summed E-state index contributed by atoms with van der Waals surface area (Å²) in [7, 11) is 0. The Labute approximate surface area is 125 Å². The Bertz CT molecular complexity index is 732. The van der Waals surface area contributed by atoms with E-state index < -0.39 is 0 Å². The molecule has 0 saturated heterocycles. The molecule has 0 fully saturated rings. The standard InChI is InChI=1S/C18H20N2O/c1-3-4-13-21-20-16-12-8-9-14(2)17(16)19-18(20)15-10-6-5-7-11-15/h5-12H,3-4,13H2,1-2H3. The van der Waals surface area contributed by atoms with Crippen molar-refractivity contribution in [1.29, 1.82) is 0 Å². The fraction of sp³-hybridized carbons (Fsp3) is 0.278. The van der Waals surface area contributed by atoms with Crippen LogP contribution in [0.15, 0.2) is 48.5 Å². The van der Waals surface area contributed by atoms with Gasteiger partial charge >= 0.3 is 0 Å². The Hall–Kier alpha value is -2.29. The molecule has 0 aliphatic carbocycles. The molecule has 3 heteroatoms. The van der Waals surface area contributed by atoms with Gasteiger partial charge in [0.2, 0.25) is 0 Å². The Kier molecular flexibility index (Phi) is 3.91. The van der Waals surface area contributed by atoms with Crippen molar-refractivity contribution in [2.75, 3.05) is 6.61 Å². The van der Waals surface area contributed by atoms with Crippen LogP contribution in [0.4, 0.5) is 0 Å². The maximum Gasteiger partial charge on any atom is 0.176 e. The molecule has 108 valence electrons. The van der Waals surface area contributed by atoms with Crippen LogP contribution in [0.5, 0.6) is 0 Å². The Morgan fingerprint density at radius 3 is 2.62 bits per heavy atom. The molecule has 1 heterocycles. The number of benzene rings is 2. The fourth-order valence-electron chi connectivity index (χ4n) is 2.42. The molecule has 0 aliphatic heterocycles. The van der Waals surface area contributed by atoms with Gasteiger partial charge in [0.15, 0.2) is 5.82 Å². The van der Waals surface area contributed by atoms with Gasteiger partial charge in [-0.15, -0.1) is 0 Å². The third kappa shape index (κ3) is 2.64. The molecule has 3 nitrogen and oxygen atoms in total. The van der Waals surface area contributed by atoms with E-state index in [2.05, 4.69) is 38.1 Å². The van der Waals surface area contributed by atoms with Crippen molar-refractivity contribution in [3.63, 3.8) is 0 Å². The van der Waals surface area contributed by atoms with Gasteiger partial charge in [-0.2, -0.15) is 4.73 Å². The van der Waals surface area contributed by atoms with Gasteiger partial charge in [-0.25, -0.2) is 4.98 Å². The van der Waals surface area contributed by atoms with Crippen LogP contribution < -0.4 is 4.84 Å². The number of aryl methyl sites for hydroxylation is 1. The lowest BCUT2D eigenvalue weighted by Gasteiger charge is -2.10. The molecule has 0 N–H and O–H groups in total. The second-order valence-corrected chi connectivity index (χ2v) is 5.23.